The van der Waals surface area contributed by atoms with Gasteiger partial charge in [-0.15, -0.1) is 6.58 Å². The van der Waals surface area contributed by atoms with E-state index in [0.29, 0.717) is 18.0 Å². The zero-order valence-electron chi connectivity index (χ0n) is 18.9. The Hall–Kier alpha value is -4.06. The van der Waals surface area contributed by atoms with E-state index in [4.69, 9.17) is 9.15 Å². The van der Waals surface area contributed by atoms with Crippen molar-refractivity contribution in [1.29, 1.82) is 0 Å². The summed E-state index contributed by atoms with van der Waals surface area (Å²) >= 11 is 0. The summed E-state index contributed by atoms with van der Waals surface area (Å²) in [6, 6.07) is 21.0. The monoisotopic (exact) mass is 441 g/mol. The fraction of sp³-hybridized carbons (Fsp3) is 0.185. The molecular weight excluding hydrogens is 414 g/mol. The molecule has 0 aliphatic heterocycles. The highest BCUT2D eigenvalue weighted by Gasteiger charge is 2.13. The van der Waals surface area contributed by atoms with Gasteiger partial charge in [0.2, 0.25) is 0 Å². The SMILES string of the molecule is C=CCc1ccccc1OCc1ccc(C(=O)Nc2cccc(Cn3nc(C)cc3C)c2)o1. The normalized spacial score (nSPS) is 10.7. The van der Waals surface area contributed by atoms with Crippen molar-refractivity contribution in [3.8, 4) is 5.75 Å². The Morgan fingerprint density at radius 3 is 2.76 bits per heavy atom. The highest BCUT2D eigenvalue weighted by atomic mass is 16.5. The van der Waals surface area contributed by atoms with Gasteiger partial charge in [0.1, 0.15) is 18.1 Å². The van der Waals surface area contributed by atoms with Crippen molar-refractivity contribution >= 4 is 11.6 Å². The van der Waals surface area contributed by atoms with Crippen molar-refractivity contribution < 1.29 is 13.9 Å². The summed E-state index contributed by atoms with van der Waals surface area (Å²) < 4.78 is 13.5. The minimum atomic E-state index is -0.309. The topological polar surface area (TPSA) is 69.3 Å². The quantitative estimate of drug-likeness (QED) is 0.338. The van der Waals surface area contributed by atoms with E-state index in [1.165, 1.54) is 0 Å². The molecule has 2 aromatic heterocycles. The molecule has 0 aliphatic carbocycles. The molecular formula is C27H27N3O3. The number of benzene rings is 2. The van der Waals surface area contributed by atoms with E-state index in [0.717, 1.165) is 34.7 Å². The summed E-state index contributed by atoms with van der Waals surface area (Å²) in [6.07, 6.45) is 2.56. The van der Waals surface area contributed by atoms with Gasteiger partial charge in [-0.25, -0.2) is 0 Å². The second kappa shape index (κ2) is 10.0. The Labute approximate surface area is 193 Å². The first-order valence-corrected chi connectivity index (χ1v) is 10.8. The molecule has 6 nitrogen and oxygen atoms in total. The molecule has 4 aromatic rings. The molecule has 4 rings (SSSR count). The number of carbonyl (C=O) groups excluding carboxylic acids is 1. The van der Waals surface area contributed by atoms with Crippen molar-refractivity contribution in [3.05, 3.63) is 113 Å². The lowest BCUT2D eigenvalue weighted by molar-refractivity contribution is 0.0992. The van der Waals surface area contributed by atoms with Gasteiger partial charge in [-0.1, -0.05) is 36.4 Å². The van der Waals surface area contributed by atoms with Crippen LogP contribution in [0.2, 0.25) is 0 Å². The number of ether oxygens (including phenoxy) is 1. The Kier molecular flexibility index (Phi) is 6.74. The largest absolute Gasteiger partial charge is 0.485 e. The summed E-state index contributed by atoms with van der Waals surface area (Å²) in [5, 5.41) is 7.40. The number of aromatic nitrogens is 2. The molecule has 1 amide bonds. The average Bonchev–Trinajstić information content (AvgIpc) is 3.40. The zero-order chi connectivity index (χ0) is 23.2. The van der Waals surface area contributed by atoms with Gasteiger partial charge in [0, 0.05) is 11.4 Å². The van der Waals surface area contributed by atoms with Gasteiger partial charge >= 0.3 is 0 Å². The first kappa shape index (κ1) is 22.1. The fourth-order valence-electron chi connectivity index (χ4n) is 3.64. The number of nitrogens with zero attached hydrogens (tertiary/aromatic N) is 2. The van der Waals surface area contributed by atoms with Crippen LogP contribution in [0.25, 0.3) is 0 Å². The predicted molar refractivity (Wildman–Crippen MR) is 129 cm³/mol. The van der Waals surface area contributed by atoms with E-state index >= 15 is 0 Å². The van der Waals surface area contributed by atoms with Crippen LogP contribution >= 0.6 is 0 Å². The van der Waals surface area contributed by atoms with Gasteiger partial charge < -0.3 is 14.5 Å². The molecule has 168 valence electrons. The smallest absolute Gasteiger partial charge is 0.291 e. The number of furan rings is 1. The number of para-hydroxylation sites is 1. The molecule has 0 spiro atoms. The van der Waals surface area contributed by atoms with E-state index in [9.17, 15) is 4.79 Å². The molecule has 0 aliphatic rings. The lowest BCUT2D eigenvalue weighted by Crippen LogP contribution is -2.11. The van der Waals surface area contributed by atoms with E-state index in [1.807, 2.05) is 79.2 Å². The van der Waals surface area contributed by atoms with Crippen LogP contribution in [0.5, 0.6) is 5.75 Å². The van der Waals surface area contributed by atoms with Gasteiger partial charge in [-0.2, -0.15) is 5.10 Å². The van der Waals surface area contributed by atoms with E-state index < -0.39 is 0 Å². The molecule has 6 heteroatoms. The maximum atomic E-state index is 12.7. The van der Waals surface area contributed by atoms with Crippen LogP contribution in [0.1, 0.15) is 38.8 Å². The molecule has 0 fully saturated rings. The van der Waals surface area contributed by atoms with Crippen molar-refractivity contribution in [2.24, 2.45) is 0 Å². The number of carbonyl (C=O) groups is 1. The van der Waals surface area contributed by atoms with Crippen LogP contribution in [0.15, 0.2) is 83.8 Å². The van der Waals surface area contributed by atoms with E-state index in [2.05, 4.69) is 17.0 Å². The van der Waals surface area contributed by atoms with Gasteiger partial charge in [-0.3, -0.25) is 9.48 Å². The molecule has 2 aromatic carbocycles. The van der Waals surface area contributed by atoms with Crippen LogP contribution in [0.4, 0.5) is 5.69 Å². The first-order chi connectivity index (χ1) is 16.0. The summed E-state index contributed by atoms with van der Waals surface area (Å²) in [4.78, 5) is 12.7. The standard InChI is InChI=1S/C27H27N3O3/c1-4-8-22-10-5-6-12-25(22)32-18-24-13-14-26(33-24)27(31)28-23-11-7-9-21(16-23)17-30-20(3)15-19(2)29-30/h4-7,9-16H,1,8,17-18H2,2-3H3,(H,28,31). The van der Waals surface area contributed by atoms with Crippen molar-refractivity contribution in [3.63, 3.8) is 0 Å². The van der Waals surface area contributed by atoms with Crippen LogP contribution in [-0.2, 0) is 19.6 Å². The average molecular weight is 442 g/mol. The summed E-state index contributed by atoms with van der Waals surface area (Å²) in [7, 11) is 0. The minimum absolute atomic E-state index is 0.233. The Morgan fingerprint density at radius 1 is 1.12 bits per heavy atom. The number of aryl methyl sites for hydroxylation is 2. The molecule has 0 unspecified atom stereocenters. The van der Waals surface area contributed by atoms with Crippen LogP contribution < -0.4 is 10.1 Å². The van der Waals surface area contributed by atoms with Gasteiger partial charge in [0.25, 0.3) is 5.91 Å². The highest BCUT2D eigenvalue weighted by Crippen LogP contribution is 2.21. The molecule has 0 bridgehead atoms. The van der Waals surface area contributed by atoms with E-state index in [1.54, 1.807) is 12.1 Å². The van der Waals surface area contributed by atoms with Crippen LogP contribution in [0, 0.1) is 13.8 Å². The summed E-state index contributed by atoms with van der Waals surface area (Å²) in [5.41, 5.74) is 4.88. The van der Waals surface area contributed by atoms with E-state index in [-0.39, 0.29) is 18.3 Å². The number of rotatable bonds is 9. The molecule has 0 saturated carbocycles. The lowest BCUT2D eigenvalue weighted by atomic mass is 10.1. The summed E-state index contributed by atoms with van der Waals surface area (Å²) in [5.74, 6) is 1.28. The third-order valence-electron chi connectivity index (χ3n) is 5.21. The lowest BCUT2D eigenvalue weighted by Gasteiger charge is -2.09. The van der Waals surface area contributed by atoms with Crippen molar-refractivity contribution in [1.82, 2.24) is 9.78 Å². The van der Waals surface area contributed by atoms with Crippen LogP contribution in [0.3, 0.4) is 0 Å². The molecule has 33 heavy (non-hydrogen) atoms. The van der Waals surface area contributed by atoms with Gasteiger partial charge in [-0.05, 0) is 67.8 Å². The molecule has 1 N–H and O–H groups in total. The first-order valence-electron chi connectivity index (χ1n) is 10.8. The Bertz CT molecular complexity index is 1270. The second-order valence-electron chi connectivity index (χ2n) is 7.89. The number of hydrogen-bond acceptors (Lipinski definition) is 4. The number of hydrogen-bond donors (Lipinski definition) is 1. The van der Waals surface area contributed by atoms with Crippen molar-refractivity contribution in [2.45, 2.75) is 33.4 Å². The Morgan fingerprint density at radius 2 is 1.97 bits per heavy atom. The van der Waals surface area contributed by atoms with Crippen molar-refractivity contribution in [2.75, 3.05) is 5.32 Å². The second-order valence-corrected chi connectivity index (χ2v) is 7.89. The molecule has 0 saturated heterocycles. The highest BCUT2D eigenvalue weighted by molar-refractivity contribution is 6.02. The maximum Gasteiger partial charge on any atom is 0.291 e. The van der Waals surface area contributed by atoms with Gasteiger partial charge in [0.05, 0.1) is 12.2 Å². The third-order valence-corrected chi connectivity index (χ3v) is 5.21. The number of amides is 1. The van der Waals surface area contributed by atoms with Crippen LogP contribution in [-0.4, -0.2) is 15.7 Å². The summed E-state index contributed by atoms with van der Waals surface area (Å²) in [6.45, 7) is 8.66. The molecule has 0 atom stereocenters. The number of nitrogens with one attached hydrogen (secondary N) is 1. The van der Waals surface area contributed by atoms with Gasteiger partial charge in [0.15, 0.2) is 5.76 Å². The maximum absolute atomic E-state index is 12.7. The fourth-order valence-corrected chi connectivity index (χ4v) is 3.64. The molecule has 2 heterocycles. The predicted octanol–water partition coefficient (Wildman–Crippen LogP) is 5.70. The Balaban J connectivity index is 1.38. The number of anilines is 1. The molecule has 0 radical (unpaired) electrons. The zero-order valence-corrected chi connectivity index (χ0v) is 18.9. The minimum Gasteiger partial charge on any atom is -0.485 e. The third kappa shape index (κ3) is 5.60. The number of allylic oxidation sites excluding steroid dienone is 1.